The molecular formula is C4H6ClF3O2S. The van der Waals surface area contributed by atoms with Gasteiger partial charge in [-0.25, -0.2) is 0 Å². The summed E-state index contributed by atoms with van der Waals surface area (Å²) in [5.74, 6) is -2.83. The van der Waals surface area contributed by atoms with E-state index in [1.807, 2.05) is 0 Å². The Morgan fingerprint density at radius 3 is 2.18 bits per heavy atom. The zero-order chi connectivity index (χ0) is 8.20. The lowest BCUT2D eigenvalue weighted by Gasteiger charge is -2.02. The van der Waals surface area contributed by atoms with E-state index in [2.05, 4.69) is 0 Å². The van der Waals surface area contributed by atoms with Crippen LogP contribution in [0.2, 0.25) is 0 Å². The highest BCUT2D eigenvalue weighted by Crippen LogP contribution is 2.20. The average molecular weight is 211 g/mol. The summed E-state index contributed by atoms with van der Waals surface area (Å²) in [6.45, 7) is 0. The van der Waals surface area contributed by atoms with Crippen LogP contribution in [-0.2, 0) is 4.79 Å². The number of aliphatic carboxylic acids is 1. The van der Waals surface area contributed by atoms with Crippen LogP contribution in [0.3, 0.4) is 0 Å². The van der Waals surface area contributed by atoms with Gasteiger partial charge in [-0.15, -0.1) is 24.2 Å². The molecule has 11 heavy (non-hydrogen) atoms. The number of alkyl halides is 3. The van der Waals surface area contributed by atoms with Gasteiger partial charge in [-0.1, -0.05) is 0 Å². The first-order valence-electron chi connectivity index (χ1n) is 2.28. The minimum absolute atomic E-state index is 0. The molecule has 0 saturated carbocycles. The van der Waals surface area contributed by atoms with Crippen LogP contribution in [0.25, 0.3) is 0 Å². The first-order valence-corrected chi connectivity index (χ1v) is 3.43. The molecule has 0 spiro atoms. The molecule has 7 heteroatoms. The summed E-state index contributed by atoms with van der Waals surface area (Å²) >= 11 is 0.344. The Kier molecular flexibility index (Phi) is 6.79. The zero-order valence-electron chi connectivity index (χ0n) is 5.22. The van der Waals surface area contributed by atoms with Gasteiger partial charge in [-0.3, -0.25) is 4.79 Å². The number of thioether (sulfide) groups is 1. The first-order chi connectivity index (χ1) is 4.42. The summed E-state index contributed by atoms with van der Waals surface area (Å²) in [6.07, 6.45) is -4.26. The van der Waals surface area contributed by atoms with Crippen molar-refractivity contribution < 1.29 is 23.1 Å². The van der Waals surface area contributed by atoms with Crippen LogP contribution in [0.4, 0.5) is 13.2 Å². The predicted octanol–water partition coefficient (Wildman–Crippen LogP) is 1.79. The monoisotopic (exact) mass is 210 g/mol. The molecular weight excluding hydrogens is 205 g/mol. The topological polar surface area (TPSA) is 37.3 Å². The Hall–Kier alpha value is -0.100. The third-order valence-corrected chi connectivity index (χ3v) is 1.47. The molecule has 0 bridgehead atoms. The van der Waals surface area contributed by atoms with Crippen molar-refractivity contribution in [2.45, 2.75) is 6.18 Å². The average Bonchev–Trinajstić information content (AvgIpc) is 1.59. The Bertz CT molecular complexity index is 127. The maximum atomic E-state index is 11.3. The van der Waals surface area contributed by atoms with Gasteiger partial charge in [0.25, 0.3) is 0 Å². The predicted molar refractivity (Wildman–Crippen MR) is 38.3 cm³/mol. The van der Waals surface area contributed by atoms with Crippen molar-refractivity contribution in [1.82, 2.24) is 0 Å². The Morgan fingerprint density at radius 1 is 1.45 bits per heavy atom. The first kappa shape index (κ1) is 13.5. The molecule has 0 aliphatic carbocycles. The highest BCUT2D eigenvalue weighted by Gasteiger charge is 2.26. The summed E-state index contributed by atoms with van der Waals surface area (Å²) in [5.41, 5.74) is 0. The molecule has 0 radical (unpaired) electrons. The Balaban J connectivity index is 0. The molecule has 0 aromatic heterocycles. The van der Waals surface area contributed by atoms with Gasteiger partial charge in [0.2, 0.25) is 0 Å². The van der Waals surface area contributed by atoms with Gasteiger partial charge in [0, 0.05) is 0 Å². The molecule has 0 aromatic carbocycles. The molecule has 0 atom stereocenters. The van der Waals surface area contributed by atoms with Crippen LogP contribution >= 0.6 is 24.2 Å². The molecule has 0 aliphatic heterocycles. The van der Waals surface area contributed by atoms with E-state index in [1.54, 1.807) is 0 Å². The molecule has 0 heterocycles. The molecule has 0 unspecified atom stereocenters. The maximum Gasteiger partial charge on any atom is 0.397 e. The van der Waals surface area contributed by atoms with Crippen molar-refractivity contribution in [2.75, 3.05) is 11.5 Å². The van der Waals surface area contributed by atoms with Crippen molar-refractivity contribution in [3.8, 4) is 0 Å². The van der Waals surface area contributed by atoms with E-state index in [-0.39, 0.29) is 12.4 Å². The molecule has 0 saturated heterocycles. The number of carbonyl (C=O) groups is 1. The second-order valence-corrected chi connectivity index (χ2v) is 2.49. The van der Waals surface area contributed by atoms with Crippen LogP contribution in [0.5, 0.6) is 0 Å². The standard InChI is InChI=1S/C4H5F3O2S.ClH/c5-4(6,7)2-10-1-3(8)9;/h1-2H2,(H,8,9);1H. The van der Waals surface area contributed by atoms with Crippen molar-refractivity contribution in [3.05, 3.63) is 0 Å². The maximum absolute atomic E-state index is 11.3. The van der Waals surface area contributed by atoms with Gasteiger partial charge in [-0.2, -0.15) is 13.2 Å². The molecule has 1 N–H and O–H groups in total. The van der Waals surface area contributed by atoms with Crippen LogP contribution in [0.15, 0.2) is 0 Å². The lowest BCUT2D eigenvalue weighted by atomic mass is 10.8. The van der Waals surface area contributed by atoms with Gasteiger partial charge in [0.15, 0.2) is 0 Å². The van der Waals surface area contributed by atoms with Gasteiger partial charge in [0.1, 0.15) is 0 Å². The molecule has 0 aromatic rings. The number of hydrogen-bond acceptors (Lipinski definition) is 2. The number of rotatable bonds is 3. The lowest BCUT2D eigenvalue weighted by Crippen LogP contribution is -2.12. The lowest BCUT2D eigenvalue weighted by molar-refractivity contribution is -0.133. The van der Waals surface area contributed by atoms with E-state index in [9.17, 15) is 18.0 Å². The molecule has 0 fully saturated rings. The van der Waals surface area contributed by atoms with Crippen LogP contribution in [-0.4, -0.2) is 28.8 Å². The third kappa shape index (κ3) is 13.0. The summed E-state index contributed by atoms with van der Waals surface area (Å²) in [4.78, 5) is 9.70. The Labute approximate surface area is 71.6 Å². The number of carboxylic acid groups (broad SMARTS) is 1. The SMILES string of the molecule is Cl.O=C(O)CSCC(F)(F)F. The van der Waals surface area contributed by atoms with Gasteiger partial charge < -0.3 is 5.11 Å². The summed E-state index contributed by atoms with van der Waals surface area (Å²) in [7, 11) is 0. The zero-order valence-corrected chi connectivity index (χ0v) is 6.85. The fraction of sp³-hybridized carbons (Fsp3) is 0.750. The molecule has 0 amide bonds. The minimum Gasteiger partial charge on any atom is -0.481 e. The Morgan fingerprint density at radius 2 is 1.91 bits per heavy atom. The van der Waals surface area contributed by atoms with E-state index >= 15 is 0 Å². The number of carboxylic acids is 1. The van der Waals surface area contributed by atoms with E-state index in [1.165, 1.54) is 0 Å². The minimum atomic E-state index is -4.26. The van der Waals surface area contributed by atoms with Crippen molar-refractivity contribution in [2.24, 2.45) is 0 Å². The summed E-state index contributed by atoms with van der Waals surface area (Å²) in [6, 6.07) is 0. The second kappa shape index (κ2) is 5.54. The smallest absolute Gasteiger partial charge is 0.397 e. The van der Waals surface area contributed by atoms with Crippen molar-refractivity contribution in [3.63, 3.8) is 0 Å². The molecule has 2 nitrogen and oxygen atoms in total. The molecule has 0 aliphatic rings. The van der Waals surface area contributed by atoms with Crippen LogP contribution in [0, 0.1) is 0 Å². The molecule has 68 valence electrons. The molecule has 0 rings (SSSR count). The van der Waals surface area contributed by atoms with Crippen LogP contribution < -0.4 is 0 Å². The van der Waals surface area contributed by atoms with E-state index in [0.29, 0.717) is 11.8 Å². The second-order valence-electron chi connectivity index (χ2n) is 1.50. The normalized spacial score (nSPS) is 10.5. The van der Waals surface area contributed by atoms with Gasteiger partial charge in [0.05, 0.1) is 11.5 Å². The number of halogens is 4. The summed E-state index contributed by atoms with van der Waals surface area (Å²) in [5, 5.41) is 7.92. The van der Waals surface area contributed by atoms with Gasteiger partial charge >= 0.3 is 12.1 Å². The number of hydrogen-bond donors (Lipinski definition) is 1. The summed E-state index contributed by atoms with van der Waals surface area (Å²) < 4.78 is 33.9. The van der Waals surface area contributed by atoms with Crippen molar-refractivity contribution in [1.29, 1.82) is 0 Å². The quantitative estimate of drug-likeness (QED) is 0.772. The van der Waals surface area contributed by atoms with Crippen molar-refractivity contribution >= 4 is 30.1 Å². The fourth-order valence-corrected chi connectivity index (χ4v) is 0.762. The largest absolute Gasteiger partial charge is 0.481 e. The van der Waals surface area contributed by atoms with E-state index < -0.39 is 23.7 Å². The van der Waals surface area contributed by atoms with E-state index in [4.69, 9.17) is 5.11 Å². The highest BCUT2D eigenvalue weighted by molar-refractivity contribution is 7.99. The van der Waals surface area contributed by atoms with Gasteiger partial charge in [-0.05, 0) is 0 Å². The fourth-order valence-electron chi connectivity index (χ4n) is 0.254. The van der Waals surface area contributed by atoms with Crippen LogP contribution in [0.1, 0.15) is 0 Å². The highest BCUT2D eigenvalue weighted by atomic mass is 35.5. The third-order valence-electron chi connectivity index (χ3n) is 0.491. The van der Waals surface area contributed by atoms with E-state index in [0.717, 1.165) is 0 Å².